The molecule has 3 heteroatoms. The lowest BCUT2D eigenvalue weighted by atomic mass is 9.83. The predicted molar refractivity (Wildman–Crippen MR) is 79.3 cm³/mol. The number of carbonyl (C=O) groups excluding carboxylic acids is 1. The molecule has 0 unspecified atom stereocenters. The van der Waals surface area contributed by atoms with Crippen molar-refractivity contribution >= 4 is 5.78 Å². The molecule has 3 nitrogen and oxygen atoms in total. The van der Waals surface area contributed by atoms with Crippen LogP contribution >= 0.6 is 0 Å². The van der Waals surface area contributed by atoms with E-state index in [1.54, 1.807) is 24.3 Å². The van der Waals surface area contributed by atoms with Crippen LogP contribution in [-0.2, 0) is 10.4 Å². The lowest BCUT2D eigenvalue weighted by molar-refractivity contribution is -0.311. The molecule has 1 N–H and O–H groups in total. The number of carbonyl (C=O) groups is 1. The number of hydrogen-bond acceptors (Lipinski definition) is 3. The molecule has 0 bridgehead atoms. The molecule has 0 spiro atoms. The van der Waals surface area contributed by atoms with Crippen LogP contribution in [0.5, 0.6) is 0 Å². The minimum Gasteiger partial charge on any atom is -0.875 e. The van der Waals surface area contributed by atoms with Crippen LogP contribution < -0.4 is 5.11 Å². The zero-order valence-electron chi connectivity index (χ0n) is 11.8. The van der Waals surface area contributed by atoms with Crippen molar-refractivity contribution in [3.8, 4) is 0 Å². The Bertz CT molecular complexity index is 591. The van der Waals surface area contributed by atoms with Crippen molar-refractivity contribution in [1.82, 2.24) is 0 Å². The van der Waals surface area contributed by atoms with Crippen LogP contribution in [0.1, 0.15) is 24.5 Å². The van der Waals surface area contributed by atoms with Gasteiger partial charge in [-0.15, -0.1) is 5.76 Å². The van der Waals surface area contributed by atoms with E-state index in [4.69, 9.17) is 0 Å². The first-order chi connectivity index (χ1) is 10.0. The molecule has 0 heterocycles. The topological polar surface area (TPSA) is 60.4 Å². The summed E-state index contributed by atoms with van der Waals surface area (Å²) in [5.74, 6) is -0.707. The summed E-state index contributed by atoms with van der Waals surface area (Å²) in [4.78, 5) is 11.1. The third-order valence-electron chi connectivity index (χ3n) is 3.30. The van der Waals surface area contributed by atoms with Crippen LogP contribution in [0.15, 0.2) is 72.5 Å². The summed E-state index contributed by atoms with van der Waals surface area (Å²) in [5, 5.41) is 23.1. The van der Waals surface area contributed by atoms with E-state index in [2.05, 4.69) is 0 Å². The highest BCUT2D eigenvalue weighted by Gasteiger charge is 2.30. The Morgan fingerprint density at radius 2 is 1.48 bits per heavy atom. The summed E-state index contributed by atoms with van der Waals surface area (Å²) >= 11 is 0. The second-order valence-electron chi connectivity index (χ2n) is 4.99. The molecule has 0 aliphatic carbocycles. The highest BCUT2D eigenvalue weighted by molar-refractivity contribution is 5.87. The van der Waals surface area contributed by atoms with Crippen LogP contribution in [0.2, 0.25) is 0 Å². The summed E-state index contributed by atoms with van der Waals surface area (Å²) in [7, 11) is 0. The highest BCUT2D eigenvalue weighted by Crippen LogP contribution is 2.34. The van der Waals surface area contributed by atoms with Gasteiger partial charge in [-0.1, -0.05) is 60.7 Å². The van der Waals surface area contributed by atoms with E-state index in [0.717, 1.165) is 6.08 Å². The molecule has 2 aromatic carbocycles. The van der Waals surface area contributed by atoms with Crippen molar-refractivity contribution in [1.29, 1.82) is 0 Å². The second-order valence-corrected chi connectivity index (χ2v) is 4.99. The summed E-state index contributed by atoms with van der Waals surface area (Å²) < 4.78 is 0. The fraction of sp³-hybridized carbons (Fsp3) is 0.167. The Morgan fingerprint density at radius 1 is 1.05 bits per heavy atom. The molecule has 0 amide bonds. The minimum atomic E-state index is -1.44. The van der Waals surface area contributed by atoms with Crippen molar-refractivity contribution in [2.45, 2.75) is 18.9 Å². The molecule has 2 rings (SSSR count). The van der Waals surface area contributed by atoms with Gasteiger partial charge in [0.2, 0.25) is 0 Å². The Morgan fingerprint density at radius 3 is 1.86 bits per heavy atom. The van der Waals surface area contributed by atoms with Crippen LogP contribution in [0.4, 0.5) is 0 Å². The smallest absolute Gasteiger partial charge is 0.151 e. The Balaban J connectivity index is 2.48. The molecule has 0 fully saturated rings. The van der Waals surface area contributed by atoms with E-state index in [1.165, 1.54) is 6.92 Å². The van der Waals surface area contributed by atoms with Crippen molar-refractivity contribution in [2.75, 3.05) is 0 Å². The average Bonchev–Trinajstić information content (AvgIpc) is 2.48. The number of hydrogen-bond donors (Lipinski definition) is 1. The van der Waals surface area contributed by atoms with Gasteiger partial charge in [0.1, 0.15) is 5.60 Å². The van der Waals surface area contributed by atoms with Gasteiger partial charge >= 0.3 is 0 Å². The number of ketones is 1. The zero-order valence-corrected chi connectivity index (χ0v) is 11.8. The standard InChI is InChI=1S/C18H18O3/c1-14(19)12-17(20)13-18(21,15-8-4-2-5-9-15)16-10-6-3-7-11-16/h2-12,20-21H,13H2,1H3/p-1/b17-12-. The summed E-state index contributed by atoms with van der Waals surface area (Å²) in [6.07, 6.45) is 0.859. The largest absolute Gasteiger partial charge is 0.875 e. The number of allylic oxidation sites excluding steroid dienone is 1. The predicted octanol–water partition coefficient (Wildman–Crippen LogP) is 2.15. The first kappa shape index (κ1) is 15.0. The van der Waals surface area contributed by atoms with Crippen LogP contribution in [0.25, 0.3) is 0 Å². The molecule has 2 aromatic rings. The fourth-order valence-corrected chi connectivity index (χ4v) is 2.33. The molecule has 108 valence electrons. The molecule has 21 heavy (non-hydrogen) atoms. The van der Waals surface area contributed by atoms with Crippen molar-refractivity contribution < 1.29 is 15.0 Å². The Kier molecular flexibility index (Phi) is 4.55. The first-order valence-electron chi connectivity index (χ1n) is 6.74. The molecule has 0 aliphatic heterocycles. The van der Waals surface area contributed by atoms with Gasteiger partial charge in [0.05, 0.1) is 0 Å². The van der Waals surface area contributed by atoms with E-state index >= 15 is 0 Å². The van der Waals surface area contributed by atoms with Gasteiger partial charge < -0.3 is 10.2 Å². The van der Waals surface area contributed by atoms with Gasteiger partial charge in [-0.25, -0.2) is 0 Å². The van der Waals surface area contributed by atoms with Crippen molar-refractivity contribution in [3.63, 3.8) is 0 Å². The normalized spacial score (nSPS) is 12.2. The van der Waals surface area contributed by atoms with Crippen LogP contribution in [-0.4, -0.2) is 10.9 Å². The van der Waals surface area contributed by atoms with E-state index in [-0.39, 0.29) is 12.2 Å². The van der Waals surface area contributed by atoms with Gasteiger partial charge in [0.15, 0.2) is 5.78 Å². The molecular formula is C18H17O3-. The zero-order chi connectivity index (χ0) is 15.3. The lowest BCUT2D eigenvalue weighted by Crippen LogP contribution is -2.30. The van der Waals surface area contributed by atoms with Gasteiger partial charge in [-0.2, -0.15) is 0 Å². The molecule has 0 saturated carbocycles. The second kappa shape index (κ2) is 6.37. The summed E-state index contributed by atoms with van der Waals surface area (Å²) in [6.45, 7) is 1.32. The molecule has 0 aromatic heterocycles. The Hall–Kier alpha value is -2.39. The Labute approximate surface area is 124 Å². The number of aliphatic hydroxyl groups is 1. The minimum absolute atomic E-state index is 0.166. The fourth-order valence-electron chi connectivity index (χ4n) is 2.33. The van der Waals surface area contributed by atoms with Crippen molar-refractivity contribution in [2.24, 2.45) is 0 Å². The number of benzene rings is 2. The summed E-state index contributed by atoms with van der Waals surface area (Å²) in [6, 6.07) is 18.0. The summed E-state index contributed by atoms with van der Waals surface area (Å²) in [5.41, 5.74) is -0.186. The van der Waals surface area contributed by atoms with Gasteiger partial charge in [0, 0.05) is 0 Å². The highest BCUT2D eigenvalue weighted by atomic mass is 16.3. The third-order valence-corrected chi connectivity index (χ3v) is 3.30. The molecular weight excluding hydrogens is 264 g/mol. The quantitative estimate of drug-likeness (QED) is 0.674. The van der Waals surface area contributed by atoms with Crippen LogP contribution in [0, 0.1) is 0 Å². The monoisotopic (exact) mass is 281 g/mol. The van der Waals surface area contributed by atoms with E-state index in [1.807, 2.05) is 36.4 Å². The maximum Gasteiger partial charge on any atom is 0.151 e. The molecule has 0 saturated heterocycles. The van der Waals surface area contributed by atoms with E-state index in [0.29, 0.717) is 11.1 Å². The number of rotatable bonds is 5. The molecule has 0 radical (unpaired) electrons. The lowest BCUT2D eigenvalue weighted by Gasteiger charge is -2.32. The van der Waals surface area contributed by atoms with Gasteiger partial charge in [-0.3, -0.25) is 4.79 Å². The van der Waals surface area contributed by atoms with Crippen LogP contribution in [0.3, 0.4) is 0 Å². The van der Waals surface area contributed by atoms with E-state index in [9.17, 15) is 15.0 Å². The van der Waals surface area contributed by atoms with E-state index < -0.39 is 11.4 Å². The molecule has 0 aliphatic rings. The maximum atomic E-state index is 12.0. The maximum absolute atomic E-state index is 12.0. The molecule has 0 atom stereocenters. The van der Waals surface area contributed by atoms with Gasteiger partial charge in [0.25, 0.3) is 0 Å². The SMILES string of the molecule is CC(=O)/C=C(\[O-])CC(O)(c1ccccc1)c1ccccc1. The van der Waals surface area contributed by atoms with Crippen molar-refractivity contribution in [3.05, 3.63) is 83.6 Å². The average molecular weight is 281 g/mol. The third kappa shape index (κ3) is 3.58. The first-order valence-corrected chi connectivity index (χ1v) is 6.74. The van der Waals surface area contributed by atoms with Gasteiger partial charge in [-0.05, 0) is 30.5 Å².